The fourth-order valence-electron chi connectivity index (χ4n) is 1.99. The summed E-state index contributed by atoms with van der Waals surface area (Å²) in [5.41, 5.74) is 1.87. The van der Waals surface area contributed by atoms with E-state index in [-0.39, 0.29) is 6.10 Å². The SMILES string of the molecule is COC(C)Cn1c(CCCl)nc2cccc(Cl)c21. The van der Waals surface area contributed by atoms with Gasteiger partial charge in [0.25, 0.3) is 0 Å². The highest BCUT2D eigenvalue weighted by atomic mass is 35.5. The van der Waals surface area contributed by atoms with Gasteiger partial charge in [-0.25, -0.2) is 4.98 Å². The average molecular weight is 287 g/mol. The Balaban J connectivity index is 2.53. The molecule has 1 unspecified atom stereocenters. The van der Waals surface area contributed by atoms with Gasteiger partial charge >= 0.3 is 0 Å². The summed E-state index contributed by atoms with van der Waals surface area (Å²) >= 11 is 12.1. The van der Waals surface area contributed by atoms with Gasteiger partial charge in [0.2, 0.25) is 0 Å². The van der Waals surface area contributed by atoms with Crippen LogP contribution in [-0.2, 0) is 17.7 Å². The molecule has 1 aromatic heterocycles. The molecule has 98 valence electrons. The van der Waals surface area contributed by atoms with E-state index < -0.39 is 0 Å². The number of rotatable bonds is 5. The summed E-state index contributed by atoms with van der Waals surface area (Å²) in [4.78, 5) is 4.59. The number of benzene rings is 1. The van der Waals surface area contributed by atoms with Crippen molar-refractivity contribution in [3.63, 3.8) is 0 Å². The van der Waals surface area contributed by atoms with Gasteiger partial charge in [-0.05, 0) is 19.1 Å². The largest absolute Gasteiger partial charge is 0.380 e. The molecule has 1 atom stereocenters. The van der Waals surface area contributed by atoms with E-state index in [4.69, 9.17) is 27.9 Å². The van der Waals surface area contributed by atoms with Gasteiger partial charge < -0.3 is 9.30 Å². The number of para-hydroxylation sites is 1. The lowest BCUT2D eigenvalue weighted by atomic mass is 10.3. The molecule has 0 saturated heterocycles. The van der Waals surface area contributed by atoms with Crippen molar-refractivity contribution in [3.8, 4) is 0 Å². The Morgan fingerprint density at radius 2 is 2.22 bits per heavy atom. The number of aryl methyl sites for hydroxylation is 1. The van der Waals surface area contributed by atoms with Crippen LogP contribution >= 0.6 is 23.2 Å². The number of hydrogen-bond acceptors (Lipinski definition) is 2. The van der Waals surface area contributed by atoms with Crippen LogP contribution in [0.25, 0.3) is 11.0 Å². The van der Waals surface area contributed by atoms with Crippen molar-refractivity contribution in [1.29, 1.82) is 0 Å². The van der Waals surface area contributed by atoms with Crippen LogP contribution in [0.1, 0.15) is 12.7 Å². The van der Waals surface area contributed by atoms with E-state index in [1.165, 1.54) is 0 Å². The number of aromatic nitrogens is 2. The van der Waals surface area contributed by atoms with Crippen LogP contribution in [0.2, 0.25) is 5.02 Å². The molecule has 0 radical (unpaired) electrons. The quantitative estimate of drug-likeness (QED) is 0.787. The Morgan fingerprint density at radius 3 is 2.89 bits per heavy atom. The highest BCUT2D eigenvalue weighted by molar-refractivity contribution is 6.35. The number of hydrogen-bond donors (Lipinski definition) is 0. The average Bonchev–Trinajstić information content (AvgIpc) is 2.69. The van der Waals surface area contributed by atoms with E-state index in [1.54, 1.807) is 7.11 Å². The zero-order valence-corrected chi connectivity index (χ0v) is 12.0. The Morgan fingerprint density at radius 1 is 1.44 bits per heavy atom. The number of nitrogens with zero attached hydrogens (tertiary/aromatic N) is 2. The van der Waals surface area contributed by atoms with Gasteiger partial charge in [-0.2, -0.15) is 0 Å². The molecule has 5 heteroatoms. The molecule has 0 aliphatic heterocycles. The molecule has 0 amide bonds. The van der Waals surface area contributed by atoms with E-state index in [9.17, 15) is 0 Å². The number of ether oxygens (including phenoxy) is 1. The minimum atomic E-state index is 0.104. The summed E-state index contributed by atoms with van der Waals surface area (Å²) < 4.78 is 7.43. The second-order valence-corrected chi connectivity index (χ2v) is 5.02. The van der Waals surface area contributed by atoms with E-state index >= 15 is 0 Å². The van der Waals surface area contributed by atoms with Crippen molar-refractivity contribution in [2.45, 2.75) is 26.0 Å². The van der Waals surface area contributed by atoms with E-state index in [0.717, 1.165) is 29.8 Å². The third-order valence-electron chi connectivity index (χ3n) is 2.96. The molecule has 0 spiro atoms. The lowest BCUT2D eigenvalue weighted by molar-refractivity contribution is 0.103. The molecule has 1 aromatic carbocycles. The van der Waals surface area contributed by atoms with Gasteiger partial charge in [0, 0.05) is 19.4 Å². The zero-order chi connectivity index (χ0) is 13.1. The van der Waals surface area contributed by atoms with Crippen molar-refractivity contribution in [3.05, 3.63) is 29.0 Å². The Kier molecular flexibility index (Phi) is 4.49. The maximum absolute atomic E-state index is 6.27. The van der Waals surface area contributed by atoms with Crippen molar-refractivity contribution in [2.24, 2.45) is 0 Å². The number of imidazole rings is 1. The van der Waals surface area contributed by atoms with Crippen molar-refractivity contribution >= 4 is 34.2 Å². The highest BCUT2D eigenvalue weighted by Gasteiger charge is 2.14. The van der Waals surface area contributed by atoms with Crippen LogP contribution in [0.5, 0.6) is 0 Å². The van der Waals surface area contributed by atoms with Gasteiger partial charge in [-0.1, -0.05) is 17.7 Å². The summed E-state index contributed by atoms with van der Waals surface area (Å²) in [5, 5.41) is 0.712. The third-order valence-corrected chi connectivity index (χ3v) is 3.45. The van der Waals surface area contributed by atoms with E-state index in [2.05, 4.69) is 9.55 Å². The standard InChI is InChI=1S/C13H16Cl2N2O/c1-9(18-2)8-17-12(6-7-14)16-11-5-3-4-10(15)13(11)17/h3-5,9H,6-8H2,1-2H3. The van der Waals surface area contributed by atoms with Crippen LogP contribution in [0.3, 0.4) is 0 Å². The van der Waals surface area contributed by atoms with Crippen LogP contribution < -0.4 is 0 Å². The van der Waals surface area contributed by atoms with Crippen molar-refractivity contribution < 1.29 is 4.74 Å². The fourth-order valence-corrected chi connectivity index (χ4v) is 2.43. The molecule has 0 aliphatic carbocycles. The van der Waals surface area contributed by atoms with E-state index in [0.29, 0.717) is 10.9 Å². The first-order valence-electron chi connectivity index (χ1n) is 5.89. The zero-order valence-electron chi connectivity index (χ0n) is 10.5. The molecular weight excluding hydrogens is 271 g/mol. The third kappa shape index (κ3) is 2.63. The predicted octanol–water partition coefficient (Wildman–Crippen LogP) is 3.51. The van der Waals surface area contributed by atoms with Crippen LogP contribution in [0.15, 0.2) is 18.2 Å². The summed E-state index contributed by atoms with van der Waals surface area (Å²) in [5.74, 6) is 1.50. The molecule has 2 aromatic rings. The fraction of sp³-hybridized carbons (Fsp3) is 0.462. The minimum Gasteiger partial charge on any atom is -0.380 e. The molecule has 0 bridgehead atoms. The van der Waals surface area contributed by atoms with Gasteiger partial charge in [0.05, 0.1) is 28.7 Å². The molecule has 0 N–H and O–H groups in total. The maximum Gasteiger partial charge on any atom is 0.111 e. The Bertz CT molecular complexity index is 539. The molecule has 0 saturated carbocycles. The topological polar surface area (TPSA) is 27.1 Å². The summed E-state index contributed by atoms with van der Waals surface area (Å²) in [7, 11) is 1.70. The molecule has 3 nitrogen and oxygen atoms in total. The summed E-state index contributed by atoms with van der Waals surface area (Å²) in [6, 6.07) is 5.75. The second kappa shape index (κ2) is 5.91. The van der Waals surface area contributed by atoms with Crippen LogP contribution in [0.4, 0.5) is 0 Å². The lowest BCUT2D eigenvalue weighted by Gasteiger charge is -2.14. The summed E-state index contributed by atoms with van der Waals surface area (Å²) in [6.07, 6.45) is 0.830. The molecular formula is C13H16Cl2N2O. The molecule has 0 fully saturated rings. The number of methoxy groups -OCH3 is 1. The minimum absolute atomic E-state index is 0.104. The smallest absolute Gasteiger partial charge is 0.111 e. The summed E-state index contributed by atoms with van der Waals surface area (Å²) in [6.45, 7) is 2.75. The normalized spacial score (nSPS) is 13.1. The molecule has 2 rings (SSSR count). The number of fused-ring (bicyclic) bond motifs is 1. The first-order chi connectivity index (χ1) is 8.67. The monoisotopic (exact) mass is 286 g/mol. The van der Waals surface area contributed by atoms with Crippen LogP contribution in [-0.4, -0.2) is 28.6 Å². The lowest BCUT2D eigenvalue weighted by Crippen LogP contribution is -2.17. The van der Waals surface area contributed by atoms with Crippen LogP contribution in [0, 0.1) is 0 Å². The van der Waals surface area contributed by atoms with Gasteiger partial charge in [-0.15, -0.1) is 11.6 Å². The van der Waals surface area contributed by atoms with Crippen molar-refractivity contribution in [1.82, 2.24) is 9.55 Å². The highest BCUT2D eigenvalue weighted by Crippen LogP contribution is 2.25. The molecule has 18 heavy (non-hydrogen) atoms. The first-order valence-corrected chi connectivity index (χ1v) is 6.81. The van der Waals surface area contributed by atoms with E-state index in [1.807, 2.05) is 25.1 Å². The van der Waals surface area contributed by atoms with Gasteiger partial charge in [-0.3, -0.25) is 0 Å². The van der Waals surface area contributed by atoms with Crippen molar-refractivity contribution in [2.75, 3.05) is 13.0 Å². The Hall–Kier alpha value is -0.770. The van der Waals surface area contributed by atoms with Gasteiger partial charge in [0.1, 0.15) is 5.82 Å². The molecule has 0 aliphatic rings. The number of halogens is 2. The first kappa shape index (κ1) is 13.7. The predicted molar refractivity (Wildman–Crippen MR) is 75.6 cm³/mol. The number of alkyl halides is 1. The molecule has 1 heterocycles. The Labute approximate surface area is 117 Å². The maximum atomic E-state index is 6.27. The second-order valence-electron chi connectivity index (χ2n) is 4.23. The van der Waals surface area contributed by atoms with Gasteiger partial charge in [0.15, 0.2) is 0 Å².